The van der Waals surface area contributed by atoms with Gasteiger partial charge >= 0.3 is 0 Å². The molecule has 4 heteroatoms. The molecule has 3 rings (SSSR count). The number of rotatable bonds is 1. The maximum Gasteiger partial charge on any atom is 0.159 e. The Hall–Kier alpha value is -1.45. The summed E-state index contributed by atoms with van der Waals surface area (Å²) >= 11 is 5.86. The number of hydrogen-bond acceptors (Lipinski definition) is 3. The van der Waals surface area contributed by atoms with Crippen LogP contribution in [0, 0.1) is 0 Å². The molecule has 1 aromatic heterocycles. The molecular weight excluding hydrogens is 234 g/mol. The van der Waals surface area contributed by atoms with E-state index in [0.717, 1.165) is 29.9 Å². The van der Waals surface area contributed by atoms with Crippen molar-refractivity contribution < 1.29 is 0 Å². The number of aryl methyl sites for hydroxylation is 1. The molecular formula is C13H12ClN3. The predicted octanol–water partition coefficient (Wildman–Crippen LogP) is 2.74. The van der Waals surface area contributed by atoms with Crippen molar-refractivity contribution >= 4 is 11.6 Å². The zero-order valence-electron chi connectivity index (χ0n) is 9.23. The minimum Gasteiger partial charge on any atom is -0.323 e. The quantitative estimate of drug-likeness (QED) is 0.841. The predicted molar refractivity (Wildman–Crippen MR) is 67.7 cm³/mol. The van der Waals surface area contributed by atoms with Gasteiger partial charge in [0, 0.05) is 22.8 Å². The van der Waals surface area contributed by atoms with E-state index in [2.05, 4.69) is 9.97 Å². The van der Waals surface area contributed by atoms with Gasteiger partial charge in [-0.15, -0.1) is 0 Å². The van der Waals surface area contributed by atoms with Crippen LogP contribution in [0.25, 0.3) is 11.4 Å². The fraction of sp³-hybridized carbons (Fsp3) is 0.231. The number of nitrogens with two attached hydrogens (primary N) is 1. The van der Waals surface area contributed by atoms with Crippen molar-refractivity contribution in [1.82, 2.24) is 9.97 Å². The molecule has 0 spiro atoms. The van der Waals surface area contributed by atoms with Gasteiger partial charge in [-0.05, 0) is 42.7 Å². The third-order valence-electron chi connectivity index (χ3n) is 3.08. The SMILES string of the molecule is NC1CCc2cnc(-c3ccc(Cl)cc3)nc21. The second kappa shape index (κ2) is 4.09. The van der Waals surface area contributed by atoms with Crippen molar-refractivity contribution in [3.05, 3.63) is 46.7 Å². The van der Waals surface area contributed by atoms with Crippen LogP contribution in [0.5, 0.6) is 0 Å². The molecule has 0 aliphatic heterocycles. The van der Waals surface area contributed by atoms with Gasteiger partial charge in [-0.3, -0.25) is 0 Å². The molecule has 17 heavy (non-hydrogen) atoms. The fourth-order valence-electron chi connectivity index (χ4n) is 2.12. The molecule has 0 fully saturated rings. The normalized spacial score (nSPS) is 18.1. The first kappa shape index (κ1) is 10.7. The van der Waals surface area contributed by atoms with Crippen LogP contribution in [0.1, 0.15) is 23.7 Å². The van der Waals surface area contributed by atoms with Gasteiger partial charge in [0.15, 0.2) is 5.82 Å². The molecule has 2 aromatic rings. The molecule has 1 unspecified atom stereocenters. The lowest BCUT2D eigenvalue weighted by Crippen LogP contribution is -2.08. The third kappa shape index (κ3) is 1.92. The molecule has 0 saturated heterocycles. The largest absolute Gasteiger partial charge is 0.323 e. The van der Waals surface area contributed by atoms with Gasteiger partial charge in [0.25, 0.3) is 0 Å². The molecule has 0 saturated carbocycles. The fourth-order valence-corrected chi connectivity index (χ4v) is 2.25. The molecule has 0 amide bonds. The Kier molecular flexibility index (Phi) is 2.57. The summed E-state index contributed by atoms with van der Waals surface area (Å²) in [6.45, 7) is 0. The number of nitrogens with zero attached hydrogens (tertiary/aromatic N) is 2. The van der Waals surface area contributed by atoms with Crippen molar-refractivity contribution in [1.29, 1.82) is 0 Å². The van der Waals surface area contributed by atoms with Gasteiger partial charge < -0.3 is 5.73 Å². The van der Waals surface area contributed by atoms with Crippen molar-refractivity contribution in [2.24, 2.45) is 5.73 Å². The van der Waals surface area contributed by atoms with Crippen molar-refractivity contribution in [3.63, 3.8) is 0 Å². The van der Waals surface area contributed by atoms with Crippen LogP contribution in [0.15, 0.2) is 30.5 Å². The minimum absolute atomic E-state index is 0.0547. The van der Waals surface area contributed by atoms with E-state index in [1.807, 2.05) is 30.5 Å². The van der Waals surface area contributed by atoms with Gasteiger partial charge in [0.1, 0.15) is 0 Å². The van der Waals surface area contributed by atoms with E-state index in [9.17, 15) is 0 Å². The first-order valence-corrected chi connectivity index (χ1v) is 5.99. The Labute approximate surface area is 105 Å². The van der Waals surface area contributed by atoms with E-state index in [4.69, 9.17) is 17.3 Å². The summed E-state index contributed by atoms with van der Waals surface area (Å²) < 4.78 is 0. The Morgan fingerprint density at radius 1 is 1.24 bits per heavy atom. The molecule has 2 N–H and O–H groups in total. The molecule has 86 valence electrons. The second-order valence-corrected chi connectivity index (χ2v) is 4.69. The van der Waals surface area contributed by atoms with E-state index < -0.39 is 0 Å². The van der Waals surface area contributed by atoms with Crippen molar-refractivity contribution in [3.8, 4) is 11.4 Å². The van der Waals surface area contributed by atoms with E-state index in [1.54, 1.807) is 0 Å². The van der Waals surface area contributed by atoms with Crippen LogP contribution < -0.4 is 5.73 Å². The van der Waals surface area contributed by atoms with Gasteiger partial charge in [-0.2, -0.15) is 0 Å². The highest BCUT2D eigenvalue weighted by Crippen LogP contribution is 2.28. The highest BCUT2D eigenvalue weighted by atomic mass is 35.5. The molecule has 1 aliphatic carbocycles. The Balaban J connectivity index is 2.05. The number of halogens is 1. The molecule has 1 aromatic carbocycles. The summed E-state index contributed by atoms with van der Waals surface area (Å²) in [6.07, 6.45) is 3.84. The Morgan fingerprint density at radius 2 is 2.00 bits per heavy atom. The van der Waals surface area contributed by atoms with Crippen LogP contribution in [0.3, 0.4) is 0 Å². The van der Waals surface area contributed by atoms with E-state index >= 15 is 0 Å². The summed E-state index contributed by atoms with van der Waals surface area (Å²) in [5.74, 6) is 0.720. The molecule has 1 atom stereocenters. The van der Waals surface area contributed by atoms with Crippen LogP contribution in [-0.2, 0) is 6.42 Å². The number of benzene rings is 1. The van der Waals surface area contributed by atoms with Gasteiger partial charge in [-0.25, -0.2) is 9.97 Å². The van der Waals surface area contributed by atoms with Gasteiger partial charge in [0.2, 0.25) is 0 Å². The third-order valence-corrected chi connectivity index (χ3v) is 3.33. The zero-order valence-corrected chi connectivity index (χ0v) is 9.98. The summed E-state index contributed by atoms with van der Waals surface area (Å²) in [4.78, 5) is 8.93. The van der Waals surface area contributed by atoms with Gasteiger partial charge in [-0.1, -0.05) is 11.6 Å². The van der Waals surface area contributed by atoms with E-state index in [1.165, 1.54) is 5.56 Å². The number of hydrogen-bond donors (Lipinski definition) is 1. The maximum atomic E-state index is 6.01. The zero-order chi connectivity index (χ0) is 11.8. The standard InChI is InChI=1S/C13H12ClN3/c14-10-4-1-8(2-5-10)13-16-7-9-3-6-11(15)12(9)17-13/h1-2,4-5,7,11H,3,6,15H2. The smallest absolute Gasteiger partial charge is 0.159 e. The van der Waals surface area contributed by atoms with Crippen molar-refractivity contribution in [2.45, 2.75) is 18.9 Å². The molecule has 0 radical (unpaired) electrons. The topological polar surface area (TPSA) is 51.8 Å². The highest BCUT2D eigenvalue weighted by molar-refractivity contribution is 6.30. The molecule has 3 nitrogen and oxygen atoms in total. The summed E-state index contributed by atoms with van der Waals surface area (Å²) in [6, 6.07) is 7.58. The first-order valence-electron chi connectivity index (χ1n) is 5.61. The second-order valence-electron chi connectivity index (χ2n) is 4.26. The lowest BCUT2D eigenvalue weighted by atomic mass is 10.2. The average molecular weight is 246 g/mol. The van der Waals surface area contributed by atoms with Crippen molar-refractivity contribution in [2.75, 3.05) is 0 Å². The number of aromatic nitrogens is 2. The Morgan fingerprint density at radius 3 is 2.76 bits per heavy atom. The van der Waals surface area contributed by atoms with Gasteiger partial charge in [0.05, 0.1) is 5.69 Å². The average Bonchev–Trinajstić information content (AvgIpc) is 2.72. The number of fused-ring (bicyclic) bond motifs is 1. The van der Waals surface area contributed by atoms with E-state index in [-0.39, 0.29) is 6.04 Å². The lowest BCUT2D eigenvalue weighted by Gasteiger charge is -2.06. The van der Waals surface area contributed by atoms with Crippen LogP contribution in [0.2, 0.25) is 5.02 Å². The van der Waals surface area contributed by atoms with Crippen LogP contribution in [0.4, 0.5) is 0 Å². The summed E-state index contributed by atoms with van der Waals surface area (Å²) in [7, 11) is 0. The highest BCUT2D eigenvalue weighted by Gasteiger charge is 2.21. The molecule has 1 heterocycles. The van der Waals surface area contributed by atoms with Crippen LogP contribution >= 0.6 is 11.6 Å². The summed E-state index contributed by atoms with van der Waals surface area (Å²) in [5.41, 5.74) is 9.14. The maximum absolute atomic E-state index is 6.01. The lowest BCUT2D eigenvalue weighted by molar-refractivity contribution is 0.698. The molecule has 0 bridgehead atoms. The monoisotopic (exact) mass is 245 g/mol. The molecule has 1 aliphatic rings. The van der Waals surface area contributed by atoms with E-state index in [0.29, 0.717) is 5.02 Å². The van der Waals surface area contributed by atoms with Crippen LogP contribution in [-0.4, -0.2) is 9.97 Å². The Bertz CT molecular complexity index is 551. The first-order chi connectivity index (χ1) is 8.24. The minimum atomic E-state index is 0.0547. The summed E-state index contributed by atoms with van der Waals surface area (Å²) in [5, 5.41) is 0.714.